The van der Waals surface area contributed by atoms with E-state index >= 15 is 0 Å². The predicted octanol–water partition coefficient (Wildman–Crippen LogP) is 6.18. The second-order valence-corrected chi connectivity index (χ2v) is 8.64. The van der Waals surface area contributed by atoms with Crippen LogP contribution >= 0.6 is 23.8 Å². The van der Waals surface area contributed by atoms with Crippen LogP contribution < -0.4 is 5.32 Å². The minimum atomic E-state index is -4.46. The lowest BCUT2D eigenvalue weighted by atomic mass is 9.95. The molecule has 0 radical (unpaired) electrons. The molecule has 0 saturated carbocycles. The number of carbonyl (C=O) groups is 1. The summed E-state index contributed by atoms with van der Waals surface area (Å²) in [6.45, 7) is 3.75. The van der Waals surface area contributed by atoms with Gasteiger partial charge in [0.25, 0.3) is 0 Å². The van der Waals surface area contributed by atoms with Gasteiger partial charge in [0.2, 0.25) is 5.91 Å². The number of hydrogen-bond donors (Lipinski definition) is 2. The first kappa shape index (κ1) is 24.0. The summed E-state index contributed by atoms with van der Waals surface area (Å²) in [5, 5.41) is 10.3. The van der Waals surface area contributed by atoms with E-state index in [1.165, 1.54) is 10.6 Å². The number of H-pyrrole nitrogens is 1. The molecule has 1 heterocycles. The van der Waals surface area contributed by atoms with Crippen molar-refractivity contribution in [2.24, 2.45) is 5.92 Å². The van der Waals surface area contributed by atoms with Crippen molar-refractivity contribution in [3.8, 4) is 11.4 Å². The van der Waals surface area contributed by atoms with Crippen LogP contribution in [0, 0.1) is 10.7 Å². The quantitative estimate of drug-likeness (QED) is 0.395. The zero-order valence-electron chi connectivity index (χ0n) is 17.4. The fourth-order valence-electron chi connectivity index (χ4n) is 3.35. The van der Waals surface area contributed by atoms with Gasteiger partial charge in [-0.2, -0.15) is 18.3 Å². The Balaban J connectivity index is 1.84. The lowest BCUT2D eigenvalue weighted by Crippen LogP contribution is -2.32. The summed E-state index contributed by atoms with van der Waals surface area (Å²) < 4.78 is 41.3. The van der Waals surface area contributed by atoms with Gasteiger partial charge in [0.15, 0.2) is 10.6 Å². The standard InChI is InChI=1S/C22H22ClF3N4OS/c1-13(2)10-18(15-4-3-5-16(11-15)22(24,25)26)27-19(31)12-30-20(28-29-21(30)32)14-6-8-17(23)9-7-14/h3-9,11,13,18H,10,12H2,1-2H3,(H,27,31)(H,29,32). The van der Waals surface area contributed by atoms with Gasteiger partial charge < -0.3 is 5.32 Å². The smallest absolute Gasteiger partial charge is 0.348 e. The Morgan fingerprint density at radius 1 is 1.22 bits per heavy atom. The van der Waals surface area contributed by atoms with Crippen LogP contribution in [0.4, 0.5) is 13.2 Å². The molecule has 0 aliphatic rings. The number of carbonyl (C=O) groups excluding carboxylic acids is 1. The van der Waals surface area contributed by atoms with Gasteiger partial charge in [0.1, 0.15) is 6.54 Å². The van der Waals surface area contributed by atoms with Crippen LogP contribution in [0.3, 0.4) is 0 Å². The molecule has 0 fully saturated rings. The zero-order chi connectivity index (χ0) is 23.5. The first-order valence-corrected chi connectivity index (χ1v) is 10.7. The minimum Gasteiger partial charge on any atom is -0.348 e. The molecule has 5 nitrogen and oxygen atoms in total. The van der Waals surface area contributed by atoms with Crippen molar-refractivity contribution in [3.63, 3.8) is 0 Å². The number of nitrogens with zero attached hydrogens (tertiary/aromatic N) is 2. The van der Waals surface area contributed by atoms with E-state index in [0.29, 0.717) is 28.4 Å². The van der Waals surface area contributed by atoms with E-state index < -0.39 is 17.8 Å². The maximum Gasteiger partial charge on any atom is 0.416 e. The molecule has 1 amide bonds. The van der Waals surface area contributed by atoms with Crippen LogP contribution in [-0.4, -0.2) is 20.7 Å². The topological polar surface area (TPSA) is 62.7 Å². The van der Waals surface area contributed by atoms with Gasteiger partial charge in [-0.1, -0.05) is 37.6 Å². The van der Waals surface area contributed by atoms with Crippen LogP contribution in [0.5, 0.6) is 0 Å². The number of halogens is 4. The number of aromatic amines is 1. The Morgan fingerprint density at radius 3 is 2.53 bits per heavy atom. The second-order valence-electron chi connectivity index (χ2n) is 7.82. The number of alkyl halides is 3. The van der Waals surface area contributed by atoms with E-state index in [1.54, 1.807) is 30.3 Å². The Hall–Kier alpha value is -2.65. The molecule has 0 bridgehead atoms. The lowest BCUT2D eigenvalue weighted by molar-refractivity contribution is -0.137. The molecule has 2 N–H and O–H groups in total. The second kappa shape index (κ2) is 9.87. The molecular formula is C22H22ClF3N4OS. The molecule has 0 spiro atoms. The molecule has 1 aromatic heterocycles. The van der Waals surface area contributed by atoms with E-state index in [-0.39, 0.29) is 23.1 Å². The first-order valence-electron chi connectivity index (χ1n) is 9.92. The van der Waals surface area contributed by atoms with Crippen molar-refractivity contribution in [2.45, 2.75) is 39.0 Å². The van der Waals surface area contributed by atoms with Crippen molar-refractivity contribution >= 4 is 29.7 Å². The maximum absolute atomic E-state index is 13.2. The zero-order valence-corrected chi connectivity index (χ0v) is 19.0. The van der Waals surface area contributed by atoms with E-state index in [0.717, 1.165) is 12.1 Å². The maximum atomic E-state index is 13.2. The summed E-state index contributed by atoms with van der Waals surface area (Å²) in [5.41, 5.74) is 0.363. The number of rotatable bonds is 7. The summed E-state index contributed by atoms with van der Waals surface area (Å²) in [4.78, 5) is 12.9. The van der Waals surface area contributed by atoms with E-state index in [1.807, 2.05) is 13.8 Å². The van der Waals surface area contributed by atoms with Crippen LogP contribution in [0.15, 0.2) is 48.5 Å². The summed E-state index contributed by atoms with van der Waals surface area (Å²) in [5.74, 6) is 0.220. The molecule has 3 rings (SSSR count). The van der Waals surface area contributed by atoms with Gasteiger partial charge in [-0.3, -0.25) is 14.5 Å². The molecule has 170 valence electrons. The Kier molecular flexibility index (Phi) is 7.40. The fraction of sp³-hybridized carbons (Fsp3) is 0.318. The number of nitrogens with one attached hydrogen (secondary N) is 2. The van der Waals surface area contributed by atoms with E-state index in [4.69, 9.17) is 23.8 Å². The SMILES string of the molecule is CC(C)CC(NC(=O)Cn1c(-c2ccc(Cl)cc2)n[nH]c1=S)c1cccc(C(F)(F)F)c1. The first-order chi connectivity index (χ1) is 15.0. The molecule has 2 aromatic carbocycles. The normalized spacial score (nSPS) is 12.7. The third-order valence-corrected chi connectivity index (χ3v) is 5.38. The van der Waals surface area contributed by atoms with Crippen molar-refractivity contribution in [2.75, 3.05) is 0 Å². The molecule has 1 atom stereocenters. The summed E-state index contributed by atoms with van der Waals surface area (Å²) in [7, 11) is 0. The highest BCUT2D eigenvalue weighted by molar-refractivity contribution is 7.71. The summed E-state index contributed by atoms with van der Waals surface area (Å²) in [6, 6.07) is 11.4. The highest BCUT2D eigenvalue weighted by Gasteiger charge is 2.31. The molecule has 32 heavy (non-hydrogen) atoms. The Morgan fingerprint density at radius 2 is 1.91 bits per heavy atom. The highest BCUT2D eigenvalue weighted by atomic mass is 35.5. The van der Waals surface area contributed by atoms with Gasteiger partial charge >= 0.3 is 6.18 Å². The third kappa shape index (κ3) is 5.98. The molecule has 0 saturated heterocycles. The van der Waals surface area contributed by atoms with Gasteiger partial charge in [-0.15, -0.1) is 0 Å². The number of aromatic nitrogens is 3. The van der Waals surface area contributed by atoms with Gasteiger partial charge in [-0.25, -0.2) is 0 Å². The summed E-state index contributed by atoms with van der Waals surface area (Å²) >= 11 is 11.2. The Labute approximate surface area is 193 Å². The minimum absolute atomic E-state index is 0.138. The molecule has 10 heteroatoms. The van der Waals surface area contributed by atoms with Crippen LogP contribution in [0.1, 0.15) is 37.4 Å². The van der Waals surface area contributed by atoms with Crippen LogP contribution in [-0.2, 0) is 17.5 Å². The fourth-order valence-corrected chi connectivity index (χ4v) is 3.67. The van der Waals surface area contributed by atoms with Crippen LogP contribution in [0.25, 0.3) is 11.4 Å². The monoisotopic (exact) mass is 482 g/mol. The number of amides is 1. The van der Waals surface area contributed by atoms with E-state index in [2.05, 4.69) is 15.5 Å². The van der Waals surface area contributed by atoms with Crippen molar-refractivity contribution in [1.29, 1.82) is 0 Å². The summed E-state index contributed by atoms with van der Waals surface area (Å²) in [6.07, 6.45) is -3.98. The predicted molar refractivity (Wildman–Crippen MR) is 120 cm³/mol. The molecule has 1 unspecified atom stereocenters. The largest absolute Gasteiger partial charge is 0.416 e. The van der Waals surface area contributed by atoms with Gasteiger partial charge in [0, 0.05) is 10.6 Å². The van der Waals surface area contributed by atoms with Crippen LogP contribution in [0.2, 0.25) is 5.02 Å². The number of benzene rings is 2. The highest BCUT2D eigenvalue weighted by Crippen LogP contribution is 2.32. The number of hydrogen-bond acceptors (Lipinski definition) is 3. The molecule has 0 aliphatic carbocycles. The van der Waals surface area contributed by atoms with Crippen molar-refractivity contribution in [3.05, 3.63) is 69.5 Å². The lowest BCUT2D eigenvalue weighted by Gasteiger charge is -2.22. The van der Waals surface area contributed by atoms with Crippen molar-refractivity contribution < 1.29 is 18.0 Å². The van der Waals surface area contributed by atoms with Gasteiger partial charge in [0.05, 0.1) is 11.6 Å². The van der Waals surface area contributed by atoms with E-state index in [9.17, 15) is 18.0 Å². The van der Waals surface area contributed by atoms with Crippen molar-refractivity contribution in [1.82, 2.24) is 20.1 Å². The molecule has 3 aromatic rings. The molecular weight excluding hydrogens is 461 g/mol. The van der Waals surface area contributed by atoms with Gasteiger partial charge in [-0.05, 0) is 66.5 Å². The Bertz CT molecular complexity index is 1140. The third-order valence-electron chi connectivity index (χ3n) is 4.82. The average Bonchev–Trinajstić information content (AvgIpc) is 3.07. The molecule has 0 aliphatic heterocycles. The average molecular weight is 483 g/mol.